The lowest BCUT2D eigenvalue weighted by atomic mass is 10.0. The van der Waals surface area contributed by atoms with Gasteiger partial charge < -0.3 is 14.8 Å². The smallest absolute Gasteiger partial charge is 0.248 e. The highest BCUT2D eigenvalue weighted by Gasteiger charge is 2.11. The molecule has 0 fully saturated rings. The highest BCUT2D eigenvalue weighted by Crippen LogP contribution is 2.36. The molecule has 26 heavy (non-hydrogen) atoms. The van der Waals surface area contributed by atoms with E-state index in [0.29, 0.717) is 29.0 Å². The topological polar surface area (TPSA) is 47.6 Å². The third kappa shape index (κ3) is 5.02. The molecule has 2 aromatic rings. The van der Waals surface area contributed by atoms with Crippen molar-refractivity contribution < 1.29 is 14.3 Å². The number of benzene rings is 2. The van der Waals surface area contributed by atoms with E-state index in [1.807, 2.05) is 31.2 Å². The minimum atomic E-state index is -0.206. The Morgan fingerprint density at radius 1 is 1.27 bits per heavy atom. The normalized spacial score (nSPS) is 11.0. The summed E-state index contributed by atoms with van der Waals surface area (Å²) in [5.74, 6) is 1.15. The Bertz CT molecular complexity index is 800. The molecule has 5 heteroatoms. The van der Waals surface area contributed by atoms with Gasteiger partial charge in [0, 0.05) is 11.8 Å². The van der Waals surface area contributed by atoms with Crippen molar-refractivity contribution in [1.29, 1.82) is 0 Å². The lowest BCUT2D eigenvalue weighted by molar-refractivity contribution is -0.111. The van der Waals surface area contributed by atoms with Crippen molar-refractivity contribution >= 4 is 29.3 Å². The van der Waals surface area contributed by atoms with Crippen LogP contribution in [0.4, 0.5) is 5.69 Å². The highest BCUT2D eigenvalue weighted by molar-refractivity contribution is 6.32. The van der Waals surface area contributed by atoms with Gasteiger partial charge in [-0.2, -0.15) is 0 Å². The fourth-order valence-electron chi connectivity index (χ4n) is 2.58. The Balaban J connectivity index is 2.17. The van der Waals surface area contributed by atoms with Gasteiger partial charge in [0.1, 0.15) is 0 Å². The number of hydrogen-bond acceptors (Lipinski definition) is 3. The zero-order chi connectivity index (χ0) is 19.1. The van der Waals surface area contributed by atoms with Crippen LogP contribution in [-0.4, -0.2) is 19.6 Å². The van der Waals surface area contributed by atoms with Crippen LogP contribution in [-0.2, 0) is 4.79 Å². The van der Waals surface area contributed by atoms with Crippen molar-refractivity contribution in [3.8, 4) is 11.5 Å². The minimum absolute atomic E-state index is 0.206. The maximum absolute atomic E-state index is 12.3. The predicted octanol–water partition coefficient (Wildman–Crippen LogP) is 5.52. The molecule has 2 aromatic carbocycles. The van der Waals surface area contributed by atoms with E-state index < -0.39 is 0 Å². The van der Waals surface area contributed by atoms with E-state index in [4.69, 9.17) is 21.1 Å². The maximum atomic E-state index is 12.3. The average molecular weight is 374 g/mol. The van der Waals surface area contributed by atoms with Crippen molar-refractivity contribution in [2.24, 2.45) is 0 Å². The van der Waals surface area contributed by atoms with Crippen LogP contribution in [0.3, 0.4) is 0 Å². The van der Waals surface area contributed by atoms with Crippen LogP contribution in [0.5, 0.6) is 11.5 Å². The summed E-state index contributed by atoms with van der Waals surface area (Å²) in [5, 5.41) is 3.36. The second-order valence-corrected chi connectivity index (χ2v) is 6.44. The summed E-state index contributed by atoms with van der Waals surface area (Å²) >= 11 is 6.25. The molecule has 0 heterocycles. The number of nitrogens with one attached hydrogen (secondary N) is 1. The molecule has 4 nitrogen and oxygen atoms in total. The number of carbonyl (C=O) groups excluding carboxylic acids is 1. The quantitative estimate of drug-likeness (QED) is 0.650. The number of carbonyl (C=O) groups is 1. The van der Waals surface area contributed by atoms with E-state index in [1.165, 1.54) is 6.08 Å². The second-order valence-electron chi connectivity index (χ2n) is 6.03. The zero-order valence-electron chi connectivity index (χ0n) is 15.5. The van der Waals surface area contributed by atoms with Crippen LogP contribution in [0, 0.1) is 0 Å². The largest absolute Gasteiger partial charge is 0.493 e. The Morgan fingerprint density at radius 2 is 2.00 bits per heavy atom. The number of amides is 1. The number of anilines is 1. The molecule has 0 saturated heterocycles. The fourth-order valence-corrected chi connectivity index (χ4v) is 2.85. The van der Waals surface area contributed by atoms with Gasteiger partial charge in [0.2, 0.25) is 5.91 Å². The first-order valence-electron chi connectivity index (χ1n) is 8.54. The van der Waals surface area contributed by atoms with Gasteiger partial charge >= 0.3 is 0 Å². The lowest BCUT2D eigenvalue weighted by Gasteiger charge is -2.13. The Labute approximate surface area is 159 Å². The molecule has 0 saturated carbocycles. The summed E-state index contributed by atoms with van der Waals surface area (Å²) in [6.45, 7) is 6.55. The lowest BCUT2D eigenvalue weighted by Crippen LogP contribution is -2.10. The molecular weight excluding hydrogens is 350 g/mol. The molecule has 0 radical (unpaired) electrons. The van der Waals surface area contributed by atoms with Crippen LogP contribution in [0.25, 0.3) is 6.08 Å². The summed E-state index contributed by atoms with van der Waals surface area (Å²) in [7, 11) is 1.55. The molecule has 0 aliphatic heterocycles. The third-order valence-corrected chi connectivity index (χ3v) is 4.09. The molecule has 2 rings (SSSR count). The zero-order valence-corrected chi connectivity index (χ0v) is 16.3. The third-order valence-electron chi connectivity index (χ3n) is 3.81. The SMILES string of the molecule is CCOc1c(Cl)cc(/C=C/C(=O)Nc2ccccc2C(C)C)cc1OC. The van der Waals surface area contributed by atoms with Crippen molar-refractivity contribution in [2.45, 2.75) is 26.7 Å². The van der Waals surface area contributed by atoms with Gasteiger partial charge in [-0.15, -0.1) is 0 Å². The van der Waals surface area contributed by atoms with E-state index in [9.17, 15) is 4.79 Å². The van der Waals surface area contributed by atoms with E-state index in [-0.39, 0.29) is 5.91 Å². The first-order valence-corrected chi connectivity index (χ1v) is 8.92. The number of methoxy groups -OCH3 is 1. The molecule has 0 bridgehead atoms. The highest BCUT2D eigenvalue weighted by atomic mass is 35.5. The summed E-state index contributed by atoms with van der Waals surface area (Å²) in [6, 6.07) is 11.3. The summed E-state index contributed by atoms with van der Waals surface area (Å²) in [5.41, 5.74) is 2.67. The van der Waals surface area contributed by atoms with Crippen molar-refractivity contribution in [2.75, 3.05) is 19.0 Å². The number of ether oxygens (including phenoxy) is 2. The maximum Gasteiger partial charge on any atom is 0.248 e. The Hall–Kier alpha value is -2.46. The van der Waals surface area contributed by atoms with Crippen LogP contribution in [0.1, 0.15) is 37.8 Å². The van der Waals surface area contributed by atoms with Crippen LogP contribution in [0.2, 0.25) is 5.02 Å². The fraction of sp³-hybridized carbons (Fsp3) is 0.286. The molecular formula is C21H24ClNO3. The van der Waals surface area contributed by atoms with E-state index in [1.54, 1.807) is 25.3 Å². The van der Waals surface area contributed by atoms with Crippen LogP contribution < -0.4 is 14.8 Å². The van der Waals surface area contributed by atoms with Crippen molar-refractivity contribution in [3.05, 3.63) is 58.6 Å². The van der Waals surface area contributed by atoms with Gasteiger partial charge in [0.05, 0.1) is 18.7 Å². The number of halogens is 1. The predicted molar refractivity (Wildman–Crippen MR) is 107 cm³/mol. The minimum Gasteiger partial charge on any atom is -0.493 e. The summed E-state index contributed by atoms with van der Waals surface area (Å²) in [6.07, 6.45) is 3.17. The molecule has 138 valence electrons. The van der Waals surface area contributed by atoms with E-state index in [0.717, 1.165) is 16.8 Å². The first-order chi connectivity index (χ1) is 12.5. The van der Waals surface area contributed by atoms with Gasteiger partial charge in [-0.05, 0) is 48.2 Å². The molecule has 0 aromatic heterocycles. The summed E-state index contributed by atoms with van der Waals surface area (Å²) < 4.78 is 10.8. The summed E-state index contributed by atoms with van der Waals surface area (Å²) in [4.78, 5) is 12.3. The monoisotopic (exact) mass is 373 g/mol. The van der Waals surface area contributed by atoms with Crippen LogP contribution >= 0.6 is 11.6 Å². The van der Waals surface area contributed by atoms with E-state index in [2.05, 4.69) is 19.2 Å². The van der Waals surface area contributed by atoms with E-state index >= 15 is 0 Å². The molecule has 0 unspecified atom stereocenters. The van der Waals surface area contributed by atoms with Gasteiger partial charge in [-0.25, -0.2) is 0 Å². The number of para-hydroxylation sites is 1. The molecule has 0 aliphatic carbocycles. The van der Waals surface area contributed by atoms with Gasteiger partial charge in [-0.1, -0.05) is 43.6 Å². The van der Waals surface area contributed by atoms with Crippen molar-refractivity contribution in [1.82, 2.24) is 0 Å². The van der Waals surface area contributed by atoms with Gasteiger partial charge in [0.15, 0.2) is 11.5 Å². The molecule has 0 atom stereocenters. The number of hydrogen-bond donors (Lipinski definition) is 1. The van der Waals surface area contributed by atoms with Crippen molar-refractivity contribution in [3.63, 3.8) is 0 Å². The Kier molecular flexibility index (Phi) is 7.10. The molecule has 0 spiro atoms. The standard InChI is InChI=1S/C21H24ClNO3/c1-5-26-21-17(22)12-15(13-19(21)25-4)10-11-20(24)23-18-9-7-6-8-16(18)14(2)3/h6-14H,5H2,1-4H3,(H,23,24)/b11-10+. The first kappa shape index (κ1) is 19.9. The average Bonchev–Trinajstić information content (AvgIpc) is 2.62. The Morgan fingerprint density at radius 3 is 2.65 bits per heavy atom. The molecule has 1 N–H and O–H groups in total. The second kappa shape index (κ2) is 9.30. The molecule has 1 amide bonds. The molecule has 0 aliphatic rings. The van der Waals surface area contributed by atoms with Gasteiger partial charge in [-0.3, -0.25) is 4.79 Å². The van der Waals surface area contributed by atoms with Crippen LogP contribution in [0.15, 0.2) is 42.5 Å². The number of rotatable bonds is 7. The van der Waals surface area contributed by atoms with Gasteiger partial charge in [0.25, 0.3) is 0 Å².